The first-order valence-corrected chi connectivity index (χ1v) is 15.9. The van der Waals surface area contributed by atoms with Crippen LogP contribution in [0.3, 0.4) is 0 Å². The Morgan fingerprint density at radius 3 is 2.64 bits per heavy atom. The van der Waals surface area contributed by atoms with Gasteiger partial charge in [-0.3, -0.25) is 20.4 Å². The molecule has 0 bridgehead atoms. The number of pyridine rings is 2. The first-order valence-electron chi connectivity index (χ1n) is 14.6. The van der Waals surface area contributed by atoms with E-state index in [4.69, 9.17) is 16.3 Å². The van der Waals surface area contributed by atoms with Gasteiger partial charge < -0.3 is 9.64 Å². The minimum Gasteiger partial charge on any atom is -0.477 e. The van der Waals surface area contributed by atoms with Gasteiger partial charge >= 0.3 is 6.03 Å². The second-order valence-electron chi connectivity index (χ2n) is 10.6. The number of benzene rings is 1. The monoisotopic (exact) mass is 642 g/mol. The fraction of sp³-hybridized carbons (Fsp3) is 0.250. The number of nitrogens with zero attached hydrogens (tertiary/aromatic N) is 6. The lowest BCUT2D eigenvalue weighted by Gasteiger charge is -2.17. The summed E-state index contributed by atoms with van der Waals surface area (Å²) in [4.78, 5) is 40.9. The number of aromatic nitrogens is 5. The van der Waals surface area contributed by atoms with E-state index in [0.717, 1.165) is 41.2 Å². The first-order chi connectivity index (χ1) is 22.0. The van der Waals surface area contributed by atoms with Crippen molar-refractivity contribution in [2.75, 3.05) is 30.3 Å². The summed E-state index contributed by atoms with van der Waals surface area (Å²) in [5, 5.41) is 13.2. The van der Waals surface area contributed by atoms with Crippen LogP contribution in [0.1, 0.15) is 35.8 Å². The van der Waals surface area contributed by atoms with Crippen molar-refractivity contribution in [3.8, 4) is 22.1 Å². The maximum atomic E-state index is 13.6. The molecule has 0 saturated carbocycles. The smallest absolute Gasteiger partial charge is 0.326 e. The van der Waals surface area contributed by atoms with Crippen molar-refractivity contribution < 1.29 is 14.3 Å². The van der Waals surface area contributed by atoms with Crippen molar-refractivity contribution in [3.05, 3.63) is 94.8 Å². The van der Waals surface area contributed by atoms with Gasteiger partial charge in [-0.25, -0.2) is 14.5 Å². The Morgan fingerprint density at radius 2 is 1.84 bits per heavy atom. The van der Waals surface area contributed by atoms with E-state index in [2.05, 4.69) is 37.6 Å². The van der Waals surface area contributed by atoms with Crippen LogP contribution in [0, 0.1) is 5.92 Å². The number of amides is 3. The van der Waals surface area contributed by atoms with Gasteiger partial charge in [-0.05, 0) is 55.3 Å². The number of anilines is 2. The lowest BCUT2D eigenvalue weighted by atomic mass is 10.1. The van der Waals surface area contributed by atoms with Gasteiger partial charge in [0.05, 0.1) is 29.7 Å². The lowest BCUT2D eigenvalue weighted by molar-refractivity contribution is 0.0781. The molecule has 1 aliphatic heterocycles. The minimum absolute atomic E-state index is 0.0236. The normalized spacial score (nSPS) is 14.4. The Morgan fingerprint density at radius 1 is 1.04 bits per heavy atom. The Kier molecular flexibility index (Phi) is 9.32. The molecule has 1 saturated heterocycles. The quantitative estimate of drug-likeness (QED) is 0.176. The summed E-state index contributed by atoms with van der Waals surface area (Å²) < 4.78 is 7.81. The number of carbonyl (C=O) groups is 2. The number of nitrogens with one attached hydrogen (secondary N) is 2. The van der Waals surface area contributed by atoms with Crippen molar-refractivity contribution in [1.82, 2.24) is 29.6 Å². The molecule has 6 rings (SSSR count). The molecule has 1 atom stereocenters. The maximum Gasteiger partial charge on any atom is 0.326 e. The molecule has 1 fully saturated rings. The van der Waals surface area contributed by atoms with E-state index in [1.807, 2.05) is 46.0 Å². The van der Waals surface area contributed by atoms with E-state index in [1.54, 1.807) is 42.2 Å². The van der Waals surface area contributed by atoms with E-state index in [0.29, 0.717) is 47.8 Å². The van der Waals surface area contributed by atoms with Crippen LogP contribution in [-0.2, 0) is 6.42 Å². The largest absolute Gasteiger partial charge is 0.477 e. The number of halogens is 1. The summed E-state index contributed by atoms with van der Waals surface area (Å²) in [5.41, 5.74) is 3.31. The van der Waals surface area contributed by atoms with Gasteiger partial charge in [0, 0.05) is 53.4 Å². The molecule has 0 radical (unpaired) electrons. The van der Waals surface area contributed by atoms with Crippen LogP contribution in [0.15, 0.2) is 78.6 Å². The number of thiazole rings is 1. The Hall–Kier alpha value is -4.81. The standard InChI is InChI=1S/C32H31ClN8O3S/c1-2-4-26-25(17-35-41(26)24-9-7-23(33)8-10-24)31(42)40-16-13-21(18-40)19-44-29-6-3-5-27(36-29)38-32(43)39-28-20-45-30(37-28)22-11-14-34-15-12-22/h3,5-12,14-15,17,20-21H,2,4,13,16,18-19H2,1H3,(H2,36,38,39,43). The zero-order valence-corrected chi connectivity index (χ0v) is 26.1. The molecule has 2 N–H and O–H groups in total. The first kappa shape index (κ1) is 30.2. The minimum atomic E-state index is -0.460. The third-order valence-electron chi connectivity index (χ3n) is 7.34. The van der Waals surface area contributed by atoms with Gasteiger partial charge in [0.25, 0.3) is 5.91 Å². The summed E-state index contributed by atoms with van der Waals surface area (Å²) in [6.07, 6.45) is 7.49. The molecule has 4 aromatic heterocycles. The number of urea groups is 1. The molecule has 5 aromatic rings. The molecule has 1 aromatic carbocycles. The predicted molar refractivity (Wildman–Crippen MR) is 174 cm³/mol. The molecule has 230 valence electrons. The van der Waals surface area contributed by atoms with Crippen molar-refractivity contribution in [2.24, 2.45) is 5.92 Å². The fourth-order valence-corrected chi connectivity index (χ4v) is 6.03. The summed E-state index contributed by atoms with van der Waals surface area (Å²) >= 11 is 7.49. The van der Waals surface area contributed by atoms with E-state index in [9.17, 15) is 9.59 Å². The molecule has 5 heterocycles. The number of rotatable bonds is 10. The highest BCUT2D eigenvalue weighted by atomic mass is 35.5. The predicted octanol–water partition coefficient (Wildman–Crippen LogP) is 6.58. The molecule has 1 unspecified atom stereocenters. The third-order valence-corrected chi connectivity index (χ3v) is 8.48. The molecular weight excluding hydrogens is 612 g/mol. The summed E-state index contributed by atoms with van der Waals surface area (Å²) in [7, 11) is 0. The van der Waals surface area contributed by atoms with Crippen LogP contribution in [0.2, 0.25) is 5.02 Å². The molecule has 13 heteroatoms. The van der Waals surface area contributed by atoms with Crippen molar-refractivity contribution in [3.63, 3.8) is 0 Å². The van der Waals surface area contributed by atoms with Crippen molar-refractivity contribution >= 4 is 46.5 Å². The average Bonchev–Trinajstić information content (AvgIpc) is 3.82. The van der Waals surface area contributed by atoms with Gasteiger partial charge in [-0.2, -0.15) is 10.1 Å². The van der Waals surface area contributed by atoms with Crippen molar-refractivity contribution in [2.45, 2.75) is 26.2 Å². The SMILES string of the molecule is CCCc1c(C(=O)N2CCC(COc3cccc(NC(=O)Nc4csc(-c5ccncc5)n4)n3)C2)cnn1-c1ccc(Cl)cc1. The number of hydrogen-bond acceptors (Lipinski definition) is 8. The number of carbonyl (C=O) groups excluding carboxylic acids is 2. The lowest BCUT2D eigenvalue weighted by Crippen LogP contribution is -2.30. The van der Waals surface area contributed by atoms with Crippen LogP contribution < -0.4 is 15.4 Å². The van der Waals surface area contributed by atoms with Gasteiger partial charge in [0.2, 0.25) is 5.88 Å². The molecule has 0 aliphatic carbocycles. The highest BCUT2D eigenvalue weighted by Crippen LogP contribution is 2.26. The Balaban J connectivity index is 1.02. The van der Waals surface area contributed by atoms with E-state index in [-0.39, 0.29) is 11.8 Å². The fourth-order valence-electron chi connectivity index (χ4n) is 5.15. The number of likely N-dealkylation sites (tertiary alicyclic amines) is 1. The van der Waals surface area contributed by atoms with E-state index >= 15 is 0 Å². The molecule has 0 spiro atoms. The molecule has 11 nitrogen and oxygen atoms in total. The highest BCUT2D eigenvalue weighted by molar-refractivity contribution is 7.13. The summed E-state index contributed by atoms with van der Waals surface area (Å²) in [6.45, 7) is 3.70. The van der Waals surface area contributed by atoms with Crippen LogP contribution in [-0.4, -0.2) is 61.3 Å². The zero-order valence-electron chi connectivity index (χ0n) is 24.5. The van der Waals surface area contributed by atoms with Gasteiger partial charge in [-0.15, -0.1) is 11.3 Å². The highest BCUT2D eigenvalue weighted by Gasteiger charge is 2.30. The Bertz CT molecular complexity index is 1780. The summed E-state index contributed by atoms with van der Waals surface area (Å²) in [5.74, 6) is 1.30. The van der Waals surface area contributed by atoms with Crippen LogP contribution in [0.25, 0.3) is 16.3 Å². The van der Waals surface area contributed by atoms with Crippen LogP contribution in [0.4, 0.5) is 16.4 Å². The second kappa shape index (κ2) is 13.9. The molecule has 1 aliphatic rings. The van der Waals surface area contributed by atoms with E-state index < -0.39 is 6.03 Å². The topological polar surface area (TPSA) is 127 Å². The molecular formula is C32H31ClN8O3S. The maximum absolute atomic E-state index is 13.6. The summed E-state index contributed by atoms with van der Waals surface area (Å²) in [6, 6.07) is 15.9. The number of ether oxygens (including phenoxy) is 1. The van der Waals surface area contributed by atoms with Gasteiger partial charge in [-0.1, -0.05) is 31.0 Å². The number of hydrogen-bond donors (Lipinski definition) is 2. The van der Waals surface area contributed by atoms with Crippen molar-refractivity contribution in [1.29, 1.82) is 0 Å². The van der Waals surface area contributed by atoms with Crippen LogP contribution >= 0.6 is 22.9 Å². The third kappa shape index (κ3) is 7.30. The van der Waals surface area contributed by atoms with Crippen LogP contribution in [0.5, 0.6) is 5.88 Å². The zero-order chi connectivity index (χ0) is 31.2. The van der Waals surface area contributed by atoms with E-state index in [1.165, 1.54) is 11.3 Å². The van der Waals surface area contributed by atoms with Gasteiger partial charge in [0.1, 0.15) is 16.6 Å². The average molecular weight is 643 g/mol. The molecule has 3 amide bonds. The Labute approximate surface area is 269 Å². The second-order valence-corrected chi connectivity index (χ2v) is 11.9. The molecule has 45 heavy (non-hydrogen) atoms. The van der Waals surface area contributed by atoms with Gasteiger partial charge in [0.15, 0.2) is 0 Å².